The summed E-state index contributed by atoms with van der Waals surface area (Å²) in [5.41, 5.74) is 0. The second kappa shape index (κ2) is 5.43. The van der Waals surface area contributed by atoms with E-state index >= 15 is 0 Å². The average molecular weight is 222 g/mol. The molecule has 0 amide bonds. The molecule has 0 bridgehead atoms. The summed E-state index contributed by atoms with van der Waals surface area (Å²) in [6, 6.07) is 0.553. The highest BCUT2D eigenvalue weighted by molar-refractivity contribution is 4.95. The van der Waals surface area contributed by atoms with Crippen molar-refractivity contribution in [2.75, 3.05) is 13.1 Å². The Labute approximate surface area is 97.5 Å². The standard InChI is InChI=1S/C12H22N4/c1-3-11-14-12(4-2)16(15-11)10-6-5-8-13-9-7-10/h10,13H,3-9H2,1-2H3. The molecule has 0 aliphatic carbocycles. The van der Waals surface area contributed by atoms with Gasteiger partial charge in [0.05, 0.1) is 6.04 Å². The first-order valence-corrected chi connectivity index (χ1v) is 6.50. The molecular weight excluding hydrogens is 200 g/mol. The number of aryl methyl sites for hydroxylation is 2. The van der Waals surface area contributed by atoms with Crippen molar-refractivity contribution < 1.29 is 0 Å². The molecule has 4 nitrogen and oxygen atoms in total. The molecule has 1 unspecified atom stereocenters. The van der Waals surface area contributed by atoms with Crippen LogP contribution in [0.4, 0.5) is 0 Å². The van der Waals surface area contributed by atoms with Gasteiger partial charge in [0.25, 0.3) is 0 Å². The maximum atomic E-state index is 4.64. The van der Waals surface area contributed by atoms with Gasteiger partial charge in [0.1, 0.15) is 5.82 Å². The van der Waals surface area contributed by atoms with E-state index in [-0.39, 0.29) is 0 Å². The van der Waals surface area contributed by atoms with E-state index in [4.69, 9.17) is 0 Å². The van der Waals surface area contributed by atoms with Gasteiger partial charge in [-0.3, -0.25) is 0 Å². The summed E-state index contributed by atoms with van der Waals surface area (Å²) in [6.07, 6.45) is 5.57. The summed E-state index contributed by atoms with van der Waals surface area (Å²) in [5.74, 6) is 2.15. The summed E-state index contributed by atoms with van der Waals surface area (Å²) in [4.78, 5) is 4.58. The molecule has 16 heavy (non-hydrogen) atoms. The summed E-state index contributed by atoms with van der Waals surface area (Å²) in [5, 5.41) is 8.09. The van der Waals surface area contributed by atoms with E-state index in [1.54, 1.807) is 0 Å². The summed E-state index contributed by atoms with van der Waals surface area (Å²) < 4.78 is 2.19. The van der Waals surface area contributed by atoms with E-state index < -0.39 is 0 Å². The van der Waals surface area contributed by atoms with Gasteiger partial charge in [0.15, 0.2) is 5.82 Å². The maximum absolute atomic E-state index is 4.64. The zero-order chi connectivity index (χ0) is 11.4. The zero-order valence-corrected chi connectivity index (χ0v) is 10.4. The molecule has 0 aromatic carbocycles. The average Bonchev–Trinajstić information content (AvgIpc) is 2.55. The van der Waals surface area contributed by atoms with Crippen molar-refractivity contribution in [3.63, 3.8) is 0 Å². The van der Waals surface area contributed by atoms with Crippen LogP contribution in [0.5, 0.6) is 0 Å². The first-order valence-electron chi connectivity index (χ1n) is 6.50. The number of aromatic nitrogens is 3. The highest BCUT2D eigenvalue weighted by Crippen LogP contribution is 2.20. The minimum Gasteiger partial charge on any atom is -0.317 e. The molecule has 1 saturated heterocycles. The van der Waals surface area contributed by atoms with Crippen LogP contribution >= 0.6 is 0 Å². The molecule has 1 atom stereocenters. The molecule has 90 valence electrons. The molecule has 1 aliphatic heterocycles. The Morgan fingerprint density at radius 3 is 2.88 bits per heavy atom. The van der Waals surface area contributed by atoms with E-state index in [0.29, 0.717) is 6.04 Å². The van der Waals surface area contributed by atoms with Crippen LogP contribution in [0.25, 0.3) is 0 Å². The van der Waals surface area contributed by atoms with Gasteiger partial charge in [-0.2, -0.15) is 5.10 Å². The van der Waals surface area contributed by atoms with Crippen LogP contribution in [-0.2, 0) is 12.8 Å². The molecular formula is C12H22N4. The Balaban J connectivity index is 2.19. The van der Waals surface area contributed by atoms with Crippen LogP contribution in [0.2, 0.25) is 0 Å². The van der Waals surface area contributed by atoms with Gasteiger partial charge < -0.3 is 5.32 Å². The topological polar surface area (TPSA) is 42.7 Å². The van der Waals surface area contributed by atoms with Crippen LogP contribution in [0.1, 0.15) is 50.8 Å². The van der Waals surface area contributed by atoms with Gasteiger partial charge >= 0.3 is 0 Å². The van der Waals surface area contributed by atoms with Gasteiger partial charge in [0.2, 0.25) is 0 Å². The summed E-state index contributed by atoms with van der Waals surface area (Å²) in [7, 11) is 0. The first kappa shape index (κ1) is 11.6. The molecule has 2 rings (SSSR count). The molecule has 0 saturated carbocycles. The minimum absolute atomic E-state index is 0.553. The molecule has 1 fully saturated rings. The molecule has 2 heterocycles. The second-order valence-corrected chi connectivity index (χ2v) is 4.43. The van der Waals surface area contributed by atoms with Gasteiger partial charge in [-0.05, 0) is 32.4 Å². The quantitative estimate of drug-likeness (QED) is 0.846. The number of hydrogen-bond acceptors (Lipinski definition) is 3. The highest BCUT2D eigenvalue weighted by Gasteiger charge is 2.18. The summed E-state index contributed by atoms with van der Waals surface area (Å²) >= 11 is 0. The fourth-order valence-corrected chi connectivity index (χ4v) is 2.33. The first-order chi connectivity index (χ1) is 7.85. The minimum atomic E-state index is 0.553. The lowest BCUT2D eigenvalue weighted by Crippen LogP contribution is -2.17. The van der Waals surface area contributed by atoms with Crippen LogP contribution in [-0.4, -0.2) is 27.9 Å². The SMILES string of the molecule is CCc1nc(CC)n(C2CCCNCC2)n1. The summed E-state index contributed by atoms with van der Waals surface area (Å²) in [6.45, 7) is 6.53. The Hall–Kier alpha value is -0.900. The fraction of sp³-hybridized carbons (Fsp3) is 0.833. The molecule has 1 aromatic rings. The number of nitrogens with one attached hydrogen (secondary N) is 1. The van der Waals surface area contributed by atoms with Crippen molar-refractivity contribution in [3.05, 3.63) is 11.6 Å². The largest absolute Gasteiger partial charge is 0.317 e. The number of hydrogen-bond donors (Lipinski definition) is 1. The fourth-order valence-electron chi connectivity index (χ4n) is 2.33. The zero-order valence-electron chi connectivity index (χ0n) is 10.4. The predicted molar refractivity (Wildman–Crippen MR) is 64.5 cm³/mol. The number of rotatable bonds is 3. The Morgan fingerprint density at radius 2 is 2.12 bits per heavy atom. The Morgan fingerprint density at radius 1 is 1.25 bits per heavy atom. The smallest absolute Gasteiger partial charge is 0.150 e. The highest BCUT2D eigenvalue weighted by atomic mass is 15.4. The lowest BCUT2D eigenvalue weighted by atomic mass is 10.1. The van der Waals surface area contributed by atoms with Gasteiger partial charge in [-0.25, -0.2) is 9.67 Å². The van der Waals surface area contributed by atoms with Crippen molar-refractivity contribution in [2.24, 2.45) is 0 Å². The Kier molecular flexibility index (Phi) is 3.93. The maximum Gasteiger partial charge on any atom is 0.150 e. The van der Waals surface area contributed by atoms with Gasteiger partial charge in [-0.1, -0.05) is 13.8 Å². The Bertz CT molecular complexity index is 324. The van der Waals surface area contributed by atoms with Crippen molar-refractivity contribution >= 4 is 0 Å². The third-order valence-corrected chi connectivity index (χ3v) is 3.27. The van der Waals surface area contributed by atoms with E-state index in [0.717, 1.165) is 37.6 Å². The molecule has 1 aliphatic rings. The van der Waals surface area contributed by atoms with Crippen molar-refractivity contribution in [1.29, 1.82) is 0 Å². The third-order valence-electron chi connectivity index (χ3n) is 3.27. The molecule has 0 spiro atoms. The van der Waals surface area contributed by atoms with Crippen molar-refractivity contribution in [2.45, 2.75) is 52.0 Å². The lowest BCUT2D eigenvalue weighted by molar-refractivity contribution is 0.399. The number of nitrogens with zero attached hydrogens (tertiary/aromatic N) is 3. The van der Waals surface area contributed by atoms with Crippen LogP contribution < -0.4 is 5.32 Å². The second-order valence-electron chi connectivity index (χ2n) is 4.43. The van der Waals surface area contributed by atoms with Gasteiger partial charge in [-0.15, -0.1) is 0 Å². The molecule has 0 radical (unpaired) electrons. The molecule has 1 aromatic heterocycles. The molecule has 1 N–H and O–H groups in total. The lowest BCUT2D eigenvalue weighted by Gasteiger charge is -2.15. The van der Waals surface area contributed by atoms with Crippen LogP contribution in [0.15, 0.2) is 0 Å². The predicted octanol–water partition coefficient (Wildman–Crippen LogP) is 1.72. The monoisotopic (exact) mass is 222 g/mol. The van der Waals surface area contributed by atoms with E-state index in [9.17, 15) is 0 Å². The van der Waals surface area contributed by atoms with Crippen LogP contribution in [0.3, 0.4) is 0 Å². The van der Waals surface area contributed by atoms with Crippen molar-refractivity contribution in [1.82, 2.24) is 20.1 Å². The normalized spacial score (nSPS) is 22.0. The van der Waals surface area contributed by atoms with Crippen LogP contribution in [0, 0.1) is 0 Å². The van der Waals surface area contributed by atoms with Gasteiger partial charge in [0, 0.05) is 12.8 Å². The van der Waals surface area contributed by atoms with E-state index in [1.165, 1.54) is 19.3 Å². The molecule has 4 heteroatoms. The third kappa shape index (κ3) is 2.43. The van der Waals surface area contributed by atoms with E-state index in [1.807, 2.05) is 0 Å². The van der Waals surface area contributed by atoms with Crippen molar-refractivity contribution in [3.8, 4) is 0 Å². The van der Waals surface area contributed by atoms with E-state index in [2.05, 4.69) is 33.9 Å².